The van der Waals surface area contributed by atoms with Crippen LogP contribution in [0.1, 0.15) is 46.0 Å². The summed E-state index contributed by atoms with van der Waals surface area (Å²) >= 11 is 0. The van der Waals surface area contributed by atoms with Crippen LogP contribution in [0.3, 0.4) is 0 Å². The van der Waals surface area contributed by atoms with Gasteiger partial charge in [-0.05, 0) is 19.8 Å². The Hall–Kier alpha value is -0.810. The van der Waals surface area contributed by atoms with E-state index in [0.29, 0.717) is 19.3 Å². The molecule has 0 aromatic rings. The molecule has 0 saturated carbocycles. The first-order chi connectivity index (χ1) is 9.74. The molecule has 0 heterocycles. The molecule has 2 N–H and O–H groups in total. The van der Waals surface area contributed by atoms with Gasteiger partial charge in [-0.2, -0.15) is 0 Å². The van der Waals surface area contributed by atoms with Gasteiger partial charge >= 0.3 is 0 Å². The van der Waals surface area contributed by atoms with Gasteiger partial charge in [-0.15, -0.1) is 0 Å². The van der Waals surface area contributed by atoms with Crippen LogP contribution in [0.15, 0.2) is 4.99 Å². The molecule has 0 fully saturated rings. The third-order valence-corrected chi connectivity index (χ3v) is 3.04. The molecule has 0 aliphatic heterocycles. The molecule has 0 aromatic carbocycles. The summed E-state index contributed by atoms with van der Waals surface area (Å²) in [5.74, 6) is 0.880. The highest BCUT2D eigenvalue weighted by Gasteiger charge is 2.04. The summed E-state index contributed by atoms with van der Waals surface area (Å²) in [6.07, 6.45) is 6.00. The van der Waals surface area contributed by atoms with Gasteiger partial charge in [-0.3, -0.25) is 4.99 Å². The summed E-state index contributed by atoms with van der Waals surface area (Å²) in [5.41, 5.74) is 0. The smallest absolute Gasteiger partial charge is 0.191 e. The van der Waals surface area contributed by atoms with Gasteiger partial charge in [0.05, 0.1) is 13.2 Å². The molecule has 0 radical (unpaired) electrons. The van der Waals surface area contributed by atoms with Crippen LogP contribution in [0.4, 0.5) is 0 Å². The van der Waals surface area contributed by atoms with E-state index in [1.807, 2.05) is 7.05 Å². The summed E-state index contributed by atoms with van der Waals surface area (Å²) in [7, 11) is 3.49. The van der Waals surface area contributed by atoms with Gasteiger partial charge in [0.1, 0.15) is 0 Å². The Labute approximate surface area is 124 Å². The number of methoxy groups -OCH3 is 1. The molecule has 5 nitrogen and oxygen atoms in total. The zero-order valence-corrected chi connectivity index (χ0v) is 13.7. The monoisotopic (exact) mass is 287 g/mol. The van der Waals surface area contributed by atoms with Crippen LogP contribution >= 0.6 is 0 Å². The fraction of sp³-hybridized carbons (Fsp3) is 0.933. The maximum Gasteiger partial charge on any atom is 0.191 e. The normalized spacial score (nSPS) is 13.3. The van der Waals surface area contributed by atoms with Crippen molar-refractivity contribution in [2.45, 2.75) is 52.0 Å². The summed E-state index contributed by atoms with van der Waals surface area (Å²) < 4.78 is 10.3. The van der Waals surface area contributed by atoms with E-state index in [1.165, 1.54) is 25.7 Å². The zero-order valence-electron chi connectivity index (χ0n) is 13.7. The first-order valence-corrected chi connectivity index (χ1v) is 7.78. The molecule has 0 aliphatic rings. The minimum absolute atomic E-state index is 0.464. The summed E-state index contributed by atoms with van der Waals surface area (Å²) in [5, 5.41) is 6.72. The molecule has 0 spiro atoms. The van der Waals surface area contributed by atoms with E-state index in [9.17, 15) is 0 Å². The molecule has 0 aliphatic carbocycles. The number of nitrogens with one attached hydrogen (secondary N) is 2. The van der Waals surface area contributed by atoms with Crippen LogP contribution in [-0.4, -0.2) is 52.5 Å². The summed E-state index contributed by atoms with van der Waals surface area (Å²) in [6, 6.07) is 0.464. The number of unbranched alkanes of at least 4 members (excludes halogenated alkanes) is 2. The third-order valence-electron chi connectivity index (χ3n) is 3.04. The van der Waals surface area contributed by atoms with Crippen molar-refractivity contribution < 1.29 is 9.47 Å². The van der Waals surface area contributed by atoms with Crippen molar-refractivity contribution in [2.75, 3.05) is 40.5 Å². The van der Waals surface area contributed by atoms with Crippen molar-refractivity contribution in [3.63, 3.8) is 0 Å². The molecule has 0 bridgehead atoms. The van der Waals surface area contributed by atoms with Gasteiger partial charge in [0.25, 0.3) is 0 Å². The molecular weight excluding hydrogens is 254 g/mol. The van der Waals surface area contributed by atoms with Crippen LogP contribution in [0.25, 0.3) is 0 Å². The molecule has 1 unspecified atom stereocenters. The minimum atomic E-state index is 0.464. The second-order valence-corrected chi connectivity index (χ2v) is 5.00. The fourth-order valence-corrected chi connectivity index (χ4v) is 1.83. The van der Waals surface area contributed by atoms with Crippen LogP contribution in [0.5, 0.6) is 0 Å². The van der Waals surface area contributed by atoms with E-state index < -0.39 is 0 Å². The lowest BCUT2D eigenvalue weighted by atomic mass is 10.1. The number of hydrogen-bond donors (Lipinski definition) is 2. The summed E-state index contributed by atoms with van der Waals surface area (Å²) in [4.78, 5) is 4.24. The van der Waals surface area contributed by atoms with Gasteiger partial charge in [0, 0.05) is 33.4 Å². The molecule has 0 saturated heterocycles. The highest BCUT2D eigenvalue weighted by atomic mass is 16.5. The predicted octanol–water partition coefficient (Wildman–Crippen LogP) is 2.17. The maximum absolute atomic E-state index is 5.41. The van der Waals surface area contributed by atoms with Crippen molar-refractivity contribution in [1.82, 2.24) is 10.6 Å². The number of hydrogen-bond acceptors (Lipinski definition) is 3. The van der Waals surface area contributed by atoms with Gasteiger partial charge in [-0.1, -0.05) is 26.2 Å². The van der Waals surface area contributed by atoms with Crippen LogP contribution in [0.2, 0.25) is 0 Å². The van der Waals surface area contributed by atoms with Crippen molar-refractivity contribution >= 4 is 5.96 Å². The molecule has 0 aromatic heterocycles. The second kappa shape index (κ2) is 14.6. The standard InChI is InChI=1S/C15H33N3O2/c1-5-6-7-9-14(2)18-15(16-3)17-10-8-11-20-13-12-19-4/h14H,5-13H2,1-4H3,(H2,16,17,18). The van der Waals surface area contributed by atoms with E-state index in [1.54, 1.807) is 7.11 Å². The average molecular weight is 287 g/mol. The topological polar surface area (TPSA) is 54.9 Å². The SMILES string of the molecule is CCCCCC(C)NC(=NC)NCCCOCCOC. The molecule has 5 heteroatoms. The summed E-state index contributed by atoms with van der Waals surface area (Å²) in [6.45, 7) is 7.38. The second-order valence-electron chi connectivity index (χ2n) is 5.00. The van der Waals surface area contributed by atoms with E-state index in [2.05, 4.69) is 29.5 Å². The van der Waals surface area contributed by atoms with Crippen LogP contribution in [-0.2, 0) is 9.47 Å². The van der Waals surface area contributed by atoms with Gasteiger partial charge < -0.3 is 20.1 Å². The number of nitrogens with zero attached hydrogens (tertiary/aromatic N) is 1. The first kappa shape index (κ1) is 19.2. The molecule has 0 rings (SSSR count). The highest BCUT2D eigenvalue weighted by molar-refractivity contribution is 5.79. The lowest BCUT2D eigenvalue weighted by molar-refractivity contribution is 0.0698. The number of guanidine groups is 1. The van der Waals surface area contributed by atoms with E-state index in [4.69, 9.17) is 9.47 Å². The van der Waals surface area contributed by atoms with Crippen molar-refractivity contribution in [3.05, 3.63) is 0 Å². The third kappa shape index (κ3) is 12.2. The van der Waals surface area contributed by atoms with Crippen LogP contribution in [0, 0.1) is 0 Å². The van der Waals surface area contributed by atoms with Crippen molar-refractivity contribution in [1.29, 1.82) is 0 Å². The van der Waals surface area contributed by atoms with Gasteiger partial charge in [0.15, 0.2) is 5.96 Å². The number of aliphatic imine (C=N–C) groups is 1. The Morgan fingerprint density at radius 3 is 2.60 bits per heavy atom. The fourth-order valence-electron chi connectivity index (χ4n) is 1.83. The quantitative estimate of drug-likeness (QED) is 0.328. The van der Waals surface area contributed by atoms with E-state index in [-0.39, 0.29) is 0 Å². The molecular formula is C15H33N3O2. The predicted molar refractivity (Wildman–Crippen MR) is 85.4 cm³/mol. The van der Waals surface area contributed by atoms with Crippen molar-refractivity contribution in [3.8, 4) is 0 Å². The molecule has 0 amide bonds. The van der Waals surface area contributed by atoms with Gasteiger partial charge in [-0.25, -0.2) is 0 Å². The average Bonchev–Trinajstić information content (AvgIpc) is 2.45. The van der Waals surface area contributed by atoms with Gasteiger partial charge in [0.2, 0.25) is 0 Å². The van der Waals surface area contributed by atoms with E-state index >= 15 is 0 Å². The Kier molecular flexibility index (Phi) is 14.0. The highest BCUT2D eigenvalue weighted by Crippen LogP contribution is 2.02. The Bertz CT molecular complexity index is 235. The van der Waals surface area contributed by atoms with Crippen molar-refractivity contribution in [2.24, 2.45) is 4.99 Å². The van der Waals surface area contributed by atoms with Crippen LogP contribution < -0.4 is 10.6 Å². The minimum Gasteiger partial charge on any atom is -0.382 e. The first-order valence-electron chi connectivity index (χ1n) is 7.78. The molecule has 1 atom stereocenters. The zero-order chi connectivity index (χ0) is 15.1. The maximum atomic E-state index is 5.41. The molecule has 20 heavy (non-hydrogen) atoms. The Balaban J connectivity index is 3.56. The lowest BCUT2D eigenvalue weighted by Crippen LogP contribution is -2.42. The number of rotatable bonds is 12. The largest absolute Gasteiger partial charge is 0.382 e. The van der Waals surface area contributed by atoms with E-state index in [0.717, 1.165) is 25.5 Å². The Morgan fingerprint density at radius 2 is 1.95 bits per heavy atom. The Morgan fingerprint density at radius 1 is 1.15 bits per heavy atom. The number of ether oxygens (including phenoxy) is 2. The lowest BCUT2D eigenvalue weighted by Gasteiger charge is -2.17. The molecule has 120 valence electrons.